The van der Waals surface area contributed by atoms with Crippen LogP contribution in [0.2, 0.25) is 0 Å². The van der Waals surface area contributed by atoms with E-state index >= 15 is 0 Å². The van der Waals surface area contributed by atoms with Crippen LogP contribution in [-0.2, 0) is 19.1 Å². The van der Waals surface area contributed by atoms with E-state index in [0.717, 1.165) is 34.1 Å². The molecule has 2 aromatic rings. The molecule has 0 unspecified atom stereocenters. The summed E-state index contributed by atoms with van der Waals surface area (Å²) in [4.78, 5) is 9.51. The molecule has 0 radical (unpaired) electrons. The monoisotopic (exact) mass is 388 g/mol. The molecule has 0 aliphatic carbocycles. The maximum Gasteiger partial charge on any atom is 0.416 e. The summed E-state index contributed by atoms with van der Waals surface area (Å²) in [6.07, 6.45) is -3.87. The summed E-state index contributed by atoms with van der Waals surface area (Å²) >= 11 is 1.62. The summed E-state index contributed by atoms with van der Waals surface area (Å²) < 4.78 is 52.2. The fourth-order valence-electron chi connectivity index (χ4n) is 2.47. The van der Waals surface area contributed by atoms with Gasteiger partial charge >= 0.3 is 6.18 Å². The van der Waals surface area contributed by atoms with Crippen molar-refractivity contribution in [1.82, 2.24) is 15.6 Å². The van der Waals surface area contributed by atoms with E-state index in [9.17, 15) is 17.6 Å². The average molecular weight is 388 g/mol. The van der Waals surface area contributed by atoms with Crippen molar-refractivity contribution in [2.24, 2.45) is 4.99 Å². The van der Waals surface area contributed by atoms with Crippen LogP contribution in [-0.4, -0.2) is 24.5 Å². The normalized spacial score (nSPS) is 12.3. The van der Waals surface area contributed by atoms with Crippen LogP contribution >= 0.6 is 11.3 Å². The number of nitrogens with one attached hydrogen (secondary N) is 2. The Bertz CT molecular complexity index is 784. The lowest BCUT2D eigenvalue weighted by atomic mass is 10.1. The number of nitrogens with zero attached hydrogens (tertiary/aromatic N) is 2. The van der Waals surface area contributed by atoms with E-state index in [1.54, 1.807) is 11.3 Å². The van der Waals surface area contributed by atoms with E-state index in [0.29, 0.717) is 18.6 Å². The molecule has 0 atom stereocenters. The first kappa shape index (κ1) is 20.2. The van der Waals surface area contributed by atoms with Crippen LogP contribution in [0, 0.1) is 19.7 Å². The maximum absolute atomic E-state index is 13.1. The van der Waals surface area contributed by atoms with Gasteiger partial charge in [0.25, 0.3) is 0 Å². The summed E-state index contributed by atoms with van der Waals surface area (Å²) in [7, 11) is 1.53. The van der Waals surface area contributed by atoms with Gasteiger partial charge in [0.15, 0.2) is 5.96 Å². The molecule has 0 spiro atoms. The number of thiazole rings is 1. The van der Waals surface area contributed by atoms with Gasteiger partial charge in [-0.3, -0.25) is 4.99 Å². The van der Waals surface area contributed by atoms with Crippen LogP contribution in [0.4, 0.5) is 17.6 Å². The third-order valence-corrected chi connectivity index (χ3v) is 4.82. The van der Waals surface area contributed by atoms with Crippen molar-refractivity contribution in [2.75, 3.05) is 13.6 Å². The molecular weight excluding hydrogens is 368 g/mol. The highest BCUT2D eigenvalue weighted by Crippen LogP contribution is 2.32. The Morgan fingerprint density at radius 3 is 2.54 bits per heavy atom. The molecule has 26 heavy (non-hydrogen) atoms. The fraction of sp³-hybridized carbons (Fsp3) is 0.412. The van der Waals surface area contributed by atoms with Gasteiger partial charge < -0.3 is 10.6 Å². The van der Waals surface area contributed by atoms with Crippen molar-refractivity contribution in [3.05, 3.63) is 50.7 Å². The highest BCUT2D eigenvalue weighted by molar-refractivity contribution is 7.11. The number of alkyl halides is 3. The standard InChI is InChI=1S/C17H20F4N4S/c1-10-15(26-11(2)25-10)6-7-23-16(22-3)24-9-12-4-5-13(18)8-14(12)17(19,20)21/h4-5,8H,6-7,9H2,1-3H3,(H2,22,23,24). The van der Waals surface area contributed by atoms with Gasteiger partial charge in [-0.05, 0) is 31.5 Å². The number of aryl methyl sites for hydroxylation is 2. The molecule has 2 rings (SSSR count). The van der Waals surface area contributed by atoms with E-state index in [1.165, 1.54) is 7.05 Å². The second-order valence-corrected chi connectivity index (χ2v) is 6.93. The molecule has 0 saturated carbocycles. The Morgan fingerprint density at radius 2 is 1.96 bits per heavy atom. The largest absolute Gasteiger partial charge is 0.416 e. The molecule has 1 aromatic heterocycles. The maximum atomic E-state index is 13.1. The zero-order chi connectivity index (χ0) is 19.3. The second-order valence-electron chi connectivity index (χ2n) is 5.64. The van der Waals surface area contributed by atoms with E-state index in [-0.39, 0.29) is 12.1 Å². The molecule has 1 heterocycles. The molecule has 0 saturated heterocycles. The second kappa shape index (κ2) is 8.48. The van der Waals surface area contributed by atoms with Crippen LogP contribution < -0.4 is 10.6 Å². The molecule has 0 bridgehead atoms. The van der Waals surface area contributed by atoms with Crippen molar-refractivity contribution in [1.29, 1.82) is 0 Å². The van der Waals surface area contributed by atoms with E-state index in [4.69, 9.17) is 0 Å². The zero-order valence-corrected chi connectivity index (χ0v) is 15.5. The van der Waals surface area contributed by atoms with Gasteiger partial charge in [0, 0.05) is 31.4 Å². The van der Waals surface area contributed by atoms with Crippen molar-refractivity contribution in [3.63, 3.8) is 0 Å². The minimum Gasteiger partial charge on any atom is -0.356 e. The van der Waals surface area contributed by atoms with Gasteiger partial charge in [-0.15, -0.1) is 11.3 Å². The number of hydrogen-bond acceptors (Lipinski definition) is 3. The van der Waals surface area contributed by atoms with Crippen LogP contribution in [0.15, 0.2) is 23.2 Å². The highest BCUT2D eigenvalue weighted by Gasteiger charge is 2.33. The average Bonchev–Trinajstić information content (AvgIpc) is 2.88. The number of rotatable bonds is 5. The van der Waals surface area contributed by atoms with Gasteiger partial charge in [0.2, 0.25) is 0 Å². The lowest BCUT2D eigenvalue weighted by Crippen LogP contribution is -2.38. The predicted octanol–water partition coefficient (Wildman–Crippen LogP) is 3.83. The number of aliphatic imine (C=N–C) groups is 1. The Labute approximate surface area is 153 Å². The van der Waals surface area contributed by atoms with Gasteiger partial charge in [-0.25, -0.2) is 9.37 Å². The quantitative estimate of drug-likeness (QED) is 0.465. The molecule has 1 aromatic carbocycles. The molecular formula is C17H20F4N4S. The van der Waals surface area contributed by atoms with Gasteiger partial charge in [0.1, 0.15) is 5.82 Å². The fourth-order valence-corrected chi connectivity index (χ4v) is 3.40. The topological polar surface area (TPSA) is 49.3 Å². The zero-order valence-electron chi connectivity index (χ0n) is 14.7. The summed E-state index contributed by atoms with van der Waals surface area (Å²) in [6, 6.07) is 2.64. The minimum absolute atomic E-state index is 0.0456. The highest BCUT2D eigenvalue weighted by atomic mass is 32.1. The number of guanidine groups is 1. The molecule has 4 nitrogen and oxygen atoms in total. The predicted molar refractivity (Wildman–Crippen MR) is 94.9 cm³/mol. The van der Waals surface area contributed by atoms with Crippen molar-refractivity contribution < 1.29 is 17.6 Å². The molecule has 142 valence electrons. The third-order valence-electron chi connectivity index (χ3n) is 3.69. The van der Waals surface area contributed by atoms with E-state index < -0.39 is 17.6 Å². The Kier molecular flexibility index (Phi) is 6.57. The van der Waals surface area contributed by atoms with Crippen LogP contribution in [0.1, 0.15) is 26.7 Å². The number of aromatic nitrogens is 1. The Morgan fingerprint density at radius 1 is 1.23 bits per heavy atom. The summed E-state index contributed by atoms with van der Waals surface area (Å²) in [5, 5.41) is 6.88. The first-order valence-corrected chi connectivity index (χ1v) is 8.75. The minimum atomic E-state index is -4.61. The van der Waals surface area contributed by atoms with Gasteiger partial charge in [0.05, 0.1) is 16.3 Å². The smallest absolute Gasteiger partial charge is 0.356 e. The first-order chi connectivity index (χ1) is 12.2. The van der Waals surface area contributed by atoms with Crippen molar-refractivity contribution in [2.45, 2.75) is 33.0 Å². The molecule has 9 heteroatoms. The molecule has 0 amide bonds. The SMILES string of the molecule is CN=C(NCCc1sc(C)nc1C)NCc1ccc(F)cc1C(F)(F)F. The Hall–Kier alpha value is -2.16. The summed E-state index contributed by atoms with van der Waals surface area (Å²) in [5.41, 5.74) is -0.0506. The van der Waals surface area contributed by atoms with E-state index in [2.05, 4.69) is 20.6 Å². The lowest BCUT2D eigenvalue weighted by Gasteiger charge is -2.16. The van der Waals surface area contributed by atoms with Crippen LogP contribution in [0.25, 0.3) is 0 Å². The van der Waals surface area contributed by atoms with Crippen molar-refractivity contribution in [3.8, 4) is 0 Å². The van der Waals surface area contributed by atoms with Gasteiger partial charge in [-0.1, -0.05) is 6.07 Å². The van der Waals surface area contributed by atoms with E-state index in [1.807, 2.05) is 13.8 Å². The van der Waals surface area contributed by atoms with Gasteiger partial charge in [-0.2, -0.15) is 13.2 Å². The van der Waals surface area contributed by atoms with Crippen LogP contribution in [0.3, 0.4) is 0 Å². The number of benzene rings is 1. The Balaban J connectivity index is 1.94. The number of hydrogen-bond donors (Lipinski definition) is 2. The lowest BCUT2D eigenvalue weighted by molar-refractivity contribution is -0.138. The van der Waals surface area contributed by atoms with Crippen LogP contribution in [0.5, 0.6) is 0 Å². The molecule has 2 N–H and O–H groups in total. The third kappa shape index (κ3) is 5.42. The molecule has 0 aliphatic heterocycles. The molecule has 0 aliphatic rings. The van der Waals surface area contributed by atoms with Crippen molar-refractivity contribution >= 4 is 17.3 Å². The number of halogens is 4. The summed E-state index contributed by atoms with van der Waals surface area (Å²) in [6.45, 7) is 4.33. The molecule has 0 fully saturated rings. The summed E-state index contributed by atoms with van der Waals surface area (Å²) in [5.74, 6) is -0.542. The first-order valence-electron chi connectivity index (χ1n) is 7.93.